The Morgan fingerprint density at radius 1 is 1.19 bits per heavy atom. The first-order chi connectivity index (χ1) is 17.3. The molecule has 0 unspecified atom stereocenters. The van der Waals surface area contributed by atoms with E-state index in [4.69, 9.17) is 31.0 Å². The summed E-state index contributed by atoms with van der Waals surface area (Å²) in [6.45, 7) is 4.14. The first-order valence-corrected chi connectivity index (χ1v) is 17.5. The van der Waals surface area contributed by atoms with Gasteiger partial charge in [0.1, 0.15) is 29.7 Å². The second-order valence-electron chi connectivity index (χ2n) is 8.93. The molecule has 1 N–H and O–H groups in total. The van der Waals surface area contributed by atoms with E-state index in [0.29, 0.717) is 29.2 Å². The van der Waals surface area contributed by atoms with Gasteiger partial charge in [-0.1, -0.05) is 41.0 Å². The van der Waals surface area contributed by atoms with Crippen molar-refractivity contribution in [1.29, 1.82) is 0 Å². The lowest BCUT2D eigenvalue weighted by Gasteiger charge is -2.27. The van der Waals surface area contributed by atoms with E-state index in [1.165, 1.54) is 6.33 Å². The van der Waals surface area contributed by atoms with Crippen molar-refractivity contribution in [3.8, 4) is 0 Å². The van der Waals surface area contributed by atoms with Gasteiger partial charge in [0.25, 0.3) is 5.91 Å². The highest BCUT2D eigenvalue weighted by atomic mass is 33.4. The molecule has 3 fully saturated rings. The number of carbonyl (C=O) groups excluding carboxylic acids is 1. The van der Waals surface area contributed by atoms with Crippen molar-refractivity contribution in [2.45, 2.75) is 44.2 Å². The normalized spacial score (nSPS) is 28.4. The molecule has 3 aliphatic rings. The maximum absolute atomic E-state index is 12.7. The van der Waals surface area contributed by atoms with Gasteiger partial charge in [-0.3, -0.25) is 9.36 Å². The fourth-order valence-corrected chi connectivity index (χ4v) is 13.6. The zero-order valence-electron chi connectivity index (χ0n) is 19.5. The maximum atomic E-state index is 12.7. The van der Waals surface area contributed by atoms with Gasteiger partial charge in [-0.15, -0.1) is 12.2 Å². The van der Waals surface area contributed by atoms with Crippen LogP contribution in [0, 0.1) is 0 Å². The van der Waals surface area contributed by atoms with E-state index in [9.17, 15) is 4.79 Å². The van der Waals surface area contributed by atoms with Crippen LogP contribution in [0.2, 0.25) is 0 Å². The van der Waals surface area contributed by atoms with Crippen molar-refractivity contribution >= 4 is 63.0 Å². The van der Waals surface area contributed by atoms with Crippen molar-refractivity contribution < 1.29 is 23.5 Å². The average molecular weight is 567 g/mol. The van der Waals surface area contributed by atoms with Crippen LogP contribution in [0.5, 0.6) is 0 Å². The fourth-order valence-electron chi connectivity index (χ4n) is 4.50. The Bertz CT molecular complexity index is 1280. The van der Waals surface area contributed by atoms with Crippen LogP contribution in [0.3, 0.4) is 0 Å². The van der Waals surface area contributed by atoms with Crippen LogP contribution in [0.25, 0.3) is 11.2 Å². The molecule has 1 radical (unpaired) electrons. The standard InChI is InChI=1S/C22H25N5O5PS3/c1-22(2)31-16-14(10-29-33(34)35-8-9-36-33)30-21(17(16)32-22)27-12-25-15-18(23-11-24-19(15)27)26-20(28)13-6-4-3-5-7-13/h3-7,11-12,14,16-17,21,34H,8-10H2,1-2H3,(H,23,24,26,28)/t14-,16-,17-,21-/m1/s1. The predicted molar refractivity (Wildman–Crippen MR) is 144 cm³/mol. The van der Waals surface area contributed by atoms with Crippen LogP contribution in [0.1, 0.15) is 30.4 Å². The summed E-state index contributed by atoms with van der Waals surface area (Å²) in [6.07, 6.45) is 1.44. The number of thiol groups is 1. The molecule has 36 heavy (non-hydrogen) atoms. The number of benzene rings is 1. The first-order valence-electron chi connectivity index (χ1n) is 11.4. The highest BCUT2D eigenvalue weighted by Crippen LogP contribution is 2.87. The van der Waals surface area contributed by atoms with Gasteiger partial charge in [0.2, 0.25) is 0 Å². The zero-order valence-corrected chi connectivity index (χ0v) is 22.9. The highest BCUT2D eigenvalue weighted by molar-refractivity contribution is 9.15. The molecule has 2 aromatic heterocycles. The topological polar surface area (TPSA) is 110 Å². The third kappa shape index (κ3) is 4.76. The van der Waals surface area contributed by atoms with Crippen LogP contribution >= 0.6 is 40.1 Å². The molecule has 4 atom stereocenters. The number of carbonyl (C=O) groups is 1. The highest BCUT2D eigenvalue weighted by Gasteiger charge is 2.56. The molecule has 5 heterocycles. The molecule has 3 saturated heterocycles. The second kappa shape index (κ2) is 9.70. The number of aromatic nitrogens is 4. The number of fused-ring (bicyclic) bond motifs is 2. The third-order valence-electron chi connectivity index (χ3n) is 6.02. The molecule has 3 aliphatic heterocycles. The average Bonchev–Trinajstić information content (AvgIpc) is 3.62. The Morgan fingerprint density at radius 2 is 1.94 bits per heavy atom. The predicted octanol–water partition coefficient (Wildman–Crippen LogP) is 4.60. The molecule has 6 rings (SSSR count). The molecule has 1 aromatic carbocycles. The summed E-state index contributed by atoms with van der Waals surface area (Å²) in [5.74, 6) is 1.36. The number of rotatable bonds is 6. The van der Waals surface area contributed by atoms with Gasteiger partial charge >= 0.3 is 0 Å². The molecular formula is C22H25N5O5PS3. The van der Waals surface area contributed by atoms with Crippen molar-refractivity contribution in [2.75, 3.05) is 23.4 Å². The molecule has 14 heteroatoms. The van der Waals surface area contributed by atoms with Gasteiger partial charge in [0.15, 0.2) is 29.0 Å². The van der Waals surface area contributed by atoms with E-state index in [1.54, 1.807) is 53.4 Å². The third-order valence-corrected chi connectivity index (χ3v) is 16.2. The number of hydrogen-bond acceptors (Lipinski definition) is 11. The molecule has 0 bridgehead atoms. The minimum atomic E-state index is -1.83. The van der Waals surface area contributed by atoms with Gasteiger partial charge in [-0.25, -0.2) is 15.0 Å². The largest absolute Gasteiger partial charge is 0.347 e. The number of ether oxygens (including phenoxy) is 3. The van der Waals surface area contributed by atoms with Crippen LogP contribution in [0.4, 0.5) is 5.82 Å². The number of hydrogen-bond donors (Lipinski definition) is 2. The zero-order chi connectivity index (χ0) is 24.9. The number of anilines is 1. The summed E-state index contributed by atoms with van der Waals surface area (Å²) in [7, 11) is 0. The Morgan fingerprint density at radius 3 is 2.72 bits per heavy atom. The smallest absolute Gasteiger partial charge is 0.256 e. The van der Waals surface area contributed by atoms with Crippen molar-refractivity contribution in [1.82, 2.24) is 19.5 Å². The quantitative estimate of drug-likeness (QED) is 0.325. The molecule has 10 nitrogen and oxygen atoms in total. The summed E-state index contributed by atoms with van der Waals surface area (Å²) in [4.78, 5) is 25.9. The van der Waals surface area contributed by atoms with Crippen LogP contribution in [-0.4, -0.2) is 67.6 Å². The lowest BCUT2D eigenvalue weighted by molar-refractivity contribution is -0.198. The van der Waals surface area contributed by atoms with Gasteiger partial charge in [0.05, 0.1) is 12.9 Å². The van der Waals surface area contributed by atoms with E-state index in [1.807, 2.05) is 24.5 Å². The molecule has 191 valence electrons. The monoisotopic (exact) mass is 566 g/mol. The Kier molecular flexibility index (Phi) is 6.70. The van der Waals surface area contributed by atoms with E-state index in [0.717, 1.165) is 11.5 Å². The van der Waals surface area contributed by atoms with Crippen molar-refractivity contribution in [3.63, 3.8) is 0 Å². The Balaban J connectivity index is 1.26. The molecule has 0 aliphatic carbocycles. The Labute approximate surface area is 221 Å². The van der Waals surface area contributed by atoms with E-state index >= 15 is 0 Å². The second-order valence-corrected chi connectivity index (χ2v) is 20.1. The maximum Gasteiger partial charge on any atom is 0.256 e. The lowest BCUT2D eigenvalue weighted by Crippen LogP contribution is -2.32. The molecule has 1 amide bonds. The molecule has 0 spiro atoms. The first kappa shape index (κ1) is 24.9. The van der Waals surface area contributed by atoms with E-state index < -0.39 is 17.1 Å². The van der Waals surface area contributed by atoms with Gasteiger partial charge in [-0.05, 0) is 26.0 Å². The number of imidazole rings is 1. The minimum absolute atomic E-state index is 0.277. The summed E-state index contributed by atoms with van der Waals surface area (Å²) in [6, 6.07) is 8.94. The minimum Gasteiger partial charge on any atom is -0.347 e. The van der Waals surface area contributed by atoms with Gasteiger partial charge < -0.3 is 24.1 Å². The number of amides is 1. The Hall–Kier alpha value is -1.44. The SMILES string of the molecule is CC1(C)O[C@@H]2[C@H](O1)[C@@H](CO[P]1(S)SCCS1)O[C@H]2n1cnc2c(NC(=O)c3ccccc3)ncnc21. The summed E-state index contributed by atoms with van der Waals surface area (Å²) in [5.41, 5.74) is 1.50. The van der Waals surface area contributed by atoms with Crippen LogP contribution in [0.15, 0.2) is 43.0 Å². The van der Waals surface area contributed by atoms with E-state index in [-0.39, 0.29) is 24.2 Å². The molecule has 0 saturated carbocycles. The molecule has 3 aromatic rings. The van der Waals surface area contributed by atoms with Crippen LogP contribution < -0.4 is 5.32 Å². The van der Waals surface area contributed by atoms with Crippen molar-refractivity contribution in [2.24, 2.45) is 0 Å². The lowest BCUT2D eigenvalue weighted by atomic mass is 10.1. The fraction of sp³-hybridized carbons (Fsp3) is 0.455. The van der Waals surface area contributed by atoms with E-state index in [2.05, 4.69) is 20.3 Å². The van der Waals surface area contributed by atoms with Crippen LogP contribution in [-0.2, 0) is 18.7 Å². The van der Waals surface area contributed by atoms with Crippen molar-refractivity contribution in [3.05, 3.63) is 48.5 Å². The van der Waals surface area contributed by atoms with Gasteiger partial charge in [0, 0.05) is 17.1 Å². The number of nitrogens with one attached hydrogen (secondary N) is 1. The number of nitrogens with zero attached hydrogens (tertiary/aromatic N) is 4. The van der Waals surface area contributed by atoms with Gasteiger partial charge in [-0.2, -0.15) is 0 Å². The molecular weight excluding hydrogens is 541 g/mol. The summed E-state index contributed by atoms with van der Waals surface area (Å²) in [5, 5.41) is 1.00. The summed E-state index contributed by atoms with van der Waals surface area (Å²) >= 11 is 8.36. The summed E-state index contributed by atoms with van der Waals surface area (Å²) < 4.78 is 27.0.